The van der Waals surface area contributed by atoms with Gasteiger partial charge in [-0.1, -0.05) is 11.6 Å². The number of aliphatic hydroxyl groups is 1. The molecule has 0 amide bonds. The molecule has 1 saturated heterocycles. The average molecular weight is 224 g/mol. The number of nitrogens with zero attached hydrogens (tertiary/aromatic N) is 2. The van der Waals surface area contributed by atoms with Gasteiger partial charge in [-0.3, -0.25) is 4.90 Å². The van der Waals surface area contributed by atoms with Gasteiger partial charge in [0.05, 0.1) is 12.3 Å². The number of rotatable bonds is 3. The van der Waals surface area contributed by atoms with Crippen LogP contribution in [-0.2, 0) is 6.54 Å². The predicted octanol–water partition coefficient (Wildman–Crippen LogP) is 1.72. The number of aromatic nitrogens is 1. The quantitative estimate of drug-likeness (QED) is 0.849. The maximum absolute atomic E-state index is 9.38. The van der Waals surface area contributed by atoms with Gasteiger partial charge in [-0.2, -0.15) is 0 Å². The molecular formula is C12H20N2O2. The van der Waals surface area contributed by atoms with Crippen molar-refractivity contribution < 1.29 is 9.63 Å². The Hall–Kier alpha value is -0.870. The molecule has 16 heavy (non-hydrogen) atoms. The van der Waals surface area contributed by atoms with Crippen LogP contribution in [0.4, 0.5) is 0 Å². The van der Waals surface area contributed by atoms with Crippen LogP contribution in [0.5, 0.6) is 0 Å². The Bertz CT molecular complexity index is 338. The number of piperidine rings is 1. The van der Waals surface area contributed by atoms with Crippen LogP contribution in [0.25, 0.3) is 0 Å². The van der Waals surface area contributed by atoms with Crippen LogP contribution in [0, 0.1) is 6.92 Å². The molecular weight excluding hydrogens is 204 g/mol. The van der Waals surface area contributed by atoms with Crippen LogP contribution in [0.15, 0.2) is 10.6 Å². The molecule has 4 heteroatoms. The zero-order chi connectivity index (χ0) is 11.5. The summed E-state index contributed by atoms with van der Waals surface area (Å²) in [5.74, 6) is 0.847. The fourth-order valence-electron chi connectivity index (χ4n) is 2.50. The van der Waals surface area contributed by atoms with Gasteiger partial charge >= 0.3 is 0 Å². The maximum atomic E-state index is 9.38. The van der Waals surface area contributed by atoms with Crippen LogP contribution >= 0.6 is 0 Å². The molecule has 0 aliphatic carbocycles. The Labute approximate surface area is 96.2 Å². The zero-order valence-electron chi connectivity index (χ0n) is 10.0. The van der Waals surface area contributed by atoms with E-state index in [4.69, 9.17) is 4.52 Å². The van der Waals surface area contributed by atoms with E-state index in [0.717, 1.165) is 24.4 Å². The van der Waals surface area contributed by atoms with E-state index < -0.39 is 0 Å². The lowest BCUT2D eigenvalue weighted by Crippen LogP contribution is -2.46. The minimum Gasteiger partial charge on any atom is -0.395 e. The zero-order valence-corrected chi connectivity index (χ0v) is 10.0. The Kier molecular flexibility index (Phi) is 3.61. The first-order valence-electron chi connectivity index (χ1n) is 5.99. The highest BCUT2D eigenvalue weighted by Crippen LogP contribution is 2.24. The summed E-state index contributed by atoms with van der Waals surface area (Å²) in [4.78, 5) is 2.33. The molecule has 0 spiro atoms. The van der Waals surface area contributed by atoms with Gasteiger partial charge in [0.1, 0.15) is 5.76 Å². The van der Waals surface area contributed by atoms with E-state index >= 15 is 0 Å². The first-order valence-corrected chi connectivity index (χ1v) is 5.99. The lowest BCUT2D eigenvalue weighted by atomic mass is 9.96. The molecule has 1 aromatic rings. The Morgan fingerprint density at radius 3 is 3.00 bits per heavy atom. The average Bonchev–Trinajstić information content (AvgIpc) is 2.67. The van der Waals surface area contributed by atoms with Crippen LogP contribution < -0.4 is 0 Å². The Balaban J connectivity index is 2.05. The fourth-order valence-corrected chi connectivity index (χ4v) is 2.50. The highest BCUT2D eigenvalue weighted by molar-refractivity contribution is 5.04. The van der Waals surface area contributed by atoms with Crippen molar-refractivity contribution in [2.75, 3.05) is 6.61 Å². The highest BCUT2D eigenvalue weighted by atomic mass is 16.5. The van der Waals surface area contributed by atoms with Gasteiger partial charge < -0.3 is 9.63 Å². The normalized spacial score (nSPS) is 27.2. The van der Waals surface area contributed by atoms with E-state index in [1.54, 1.807) is 0 Å². The van der Waals surface area contributed by atoms with Crippen LogP contribution in [-0.4, -0.2) is 33.9 Å². The molecule has 2 atom stereocenters. The second kappa shape index (κ2) is 4.97. The van der Waals surface area contributed by atoms with Crippen molar-refractivity contribution in [2.45, 2.75) is 51.7 Å². The number of aryl methyl sites for hydroxylation is 1. The SMILES string of the molecule is Cc1cc(CN2C(C)CCCC2CO)no1. The second-order valence-corrected chi connectivity index (χ2v) is 4.72. The molecule has 1 aliphatic rings. The van der Waals surface area contributed by atoms with Gasteiger partial charge in [0.15, 0.2) is 0 Å². The summed E-state index contributed by atoms with van der Waals surface area (Å²) in [6.45, 7) is 5.14. The molecule has 1 fully saturated rings. The fraction of sp³-hybridized carbons (Fsp3) is 0.750. The minimum absolute atomic E-state index is 0.237. The lowest BCUT2D eigenvalue weighted by molar-refractivity contribution is 0.0434. The highest BCUT2D eigenvalue weighted by Gasteiger charge is 2.27. The molecule has 1 aliphatic heterocycles. The summed E-state index contributed by atoms with van der Waals surface area (Å²) in [5.41, 5.74) is 0.963. The first kappa shape index (κ1) is 11.6. The van der Waals surface area contributed by atoms with Crippen molar-refractivity contribution in [3.8, 4) is 0 Å². The van der Waals surface area contributed by atoms with Gasteiger partial charge in [0, 0.05) is 24.7 Å². The third-order valence-corrected chi connectivity index (χ3v) is 3.43. The van der Waals surface area contributed by atoms with Crippen LogP contribution in [0.3, 0.4) is 0 Å². The van der Waals surface area contributed by atoms with Gasteiger partial charge in [-0.15, -0.1) is 0 Å². The molecule has 0 aromatic carbocycles. The van der Waals surface area contributed by atoms with Crippen molar-refractivity contribution in [1.29, 1.82) is 0 Å². The standard InChI is InChI=1S/C12H20N2O2/c1-9-4-3-5-12(8-15)14(9)7-11-6-10(2)16-13-11/h6,9,12,15H,3-5,7-8H2,1-2H3. The first-order chi connectivity index (χ1) is 7.70. The smallest absolute Gasteiger partial charge is 0.133 e. The van der Waals surface area contributed by atoms with E-state index in [1.165, 1.54) is 12.8 Å². The van der Waals surface area contributed by atoms with E-state index in [0.29, 0.717) is 6.04 Å². The summed E-state index contributed by atoms with van der Waals surface area (Å²) in [7, 11) is 0. The number of aliphatic hydroxyl groups excluding tert-OH is 1. The van der Waals surface area contributed by atoms with Crippen molar-refractivity contribution in [1.82, 2.24) is 10.1 Å². The number of likely N-dealkylation sites (tertiary alicyclic amines) is 1. The second-order valence-electron chi connectivity index (χ2n) is 4.72. The molecule has 0 saturated carbocycles. The summed E-state index contributed by atoms with van der Waals surface area (Å²) < 4.78 is 5.07. The predicted molar refractivity (Wildman–Crippen MR) is 61.0 cm³/mol. The summed E-state index contributed by atoms with van der Waals surface area (Å²) in [5, 5.41) is 13.4. The van der Waals surface area contributed by atoms with E-state index in [-0.39, 0.29) is 12.6 Å². The van der Waals surface area contributed by atoms with Gasteiger partial charge in [-0.25, -0.2) is 0 Å². The molecule has 4 nitrogen and oxygen atoms in total. The van der Waals surface area contributed by atoms with Crippen molar-refractivity contribution in [3.63, 3.8) is 0 Å². The summed E-state index contributed by atoms with van der Waals surface area (Å²) >= 11 is 0. The number of hydrogen-bond acceptors (Lipinski definition) is 4. The summed E-state index contributed by atoms with van der Waals surface area (Å²) in [6, 6.07) is 2.76. The molecule has 0 radical (unpaired) electrons. The van der Waals surface area contributed by atoms with E-state index in [1.807, 2.05) is 13.0 Å². The minimum atomic E-state index is 0.237. The van der Waals surface area contributed by atoms with Crippen LogP contribution in [0.2, 0.25) is 0 Å². The molecule has 2 heterocycles. The summed E-state index contributed by atoms with van der Waals surface area (Å²) in [6.07, 6.45) is 3.49. The van der Waals surface area contributed by atoms with Crippen LogP contribution in [0.1, 0.15) is 37.6 Å². The third-order valence-electron chi connectivity index (χ3n) is 3.43. The van der Waals surface area contributed by atoms with E-state index in [9.17, 15) is 5.11 Å². The Morgan fingerprint density at radius 2 is 2.38 bits per heavy atom. The monoisotopic (exact) mass is 224 g/mol. The lowest BCUT2D eigenvalue weighted by Gasteiger charge is -2.39. The molecule has 1 N–H and O–H groups in total. The van der Waals surface area contributed by atoms with Gasteiger partial charge in [0.25, 0.3) is 0 Å². The van der Waals surface area contributed by atoms with Crippen molar-refractivity contribution in [3.05, 3.63) is 17.5 Å². The number of hydrogen-bond donors (Lipinski definition) is 1. The topological polar surface area (TPSA) is 49.5 Å². The Morgan fingerprint density at radius 1 is 1.56 bits per heavy atom. The van der Waals surface area contributed by atoms with E-state index in [2.05, 4.69) is 17.0 Å². The van der Waals surface area contributed by atoms with Gasteiger partial charge in [-0.05, 0) is 26.7 Å². The van der Waals surface area contributed by atoms with Crippen molar-refractivity contribution >= 4 is 0 Å². The molecule has 0 bridgehead atoms. The molecule has 2 rings (SSSR count). The molecule has 2 unspecified atom stereocenters. The molecule has 90 valence electrons. The largest absolute Gasteiger partial charge is 0.395 e. The molecule has 1 aromatic heterocycles. The maximum Gasteiger partial charge on any atom is 0.133 e. The van der Waals surface area contributed by atoms with Gasteiger partial charge in [0.2, 0.25) is 0 Å². The third kappa shape index (κ3) is 2.44. The van der Waals surface area contributed by atoms with Crippen molar-refractivity contribution in [2.24, 2.45) is 0 Å².